The van der Waals surface area contributed by atoms with Crippen LogP contribution in [0.25, 0.3) is 0 Å². The van der Waals surface area contributed by atoms with E-state index >= 15 is 0 Å². The highest BCUT2D eigenvalue weighted by Gasteiger charge is 2.31. The number of benzene rings is 2. The Morgan fingerprint density at radius 1 is 1.11 bits per heavy atom. The van der Waals surface area contributed by atoms with Gasteiger partial charge in [-0.15, -0.1) is 0 Å². The molecular weight excluding hydrogens is 246 g/mol. The number of rotatable bonds is 2. The number of hydrogen-bond acceptors (Lipinski definition) is 2. The lowest BCUT2D eigenvalue weighted by Gasteiger charge is -2.23. The van der Waals surface area contributed by atoms with Crippen molar-refractivity contribution in [2.45, 2.75) is 12.3 Å². The lowest BCUT2D eigenvalue weighted by atomic mass is 9.77. The van der Waals surface area contributed by atoms with Gasteiger partial charge in [-0.3, -0.25) is 0 Å². The van der Waals surface area contributed by atoms with Gasteiger partial charge in [0, 0.05) is 11.3 Å². The van der Waals surface area contributed by atoms with E-state index in [0.29, 0.717) is 11.3 Å². The van der Waals surface area contributed by atoms with Crippen molar-refractivity contribution in [3.05, 3.63) is 65.2 Å². The van der Waals surface area contributed by atoms with Crippen LogP contribution in [0.5, 0.6) is 0 Å². The maximum atomic E-state index is 14.0. The summed E-state index contributed by atoms with van der Waals surface area (Å²) in [5.41, 5.74) is 5.35. The summed E-state index contributed by atoms with van der Waals surface area (Å²) in [6.45, 7) is 1.59. The summed E-state index contributed by atoms with van der Waals surface area (Å²) in [5, 5.41) is 9.41. The van der Waals surface area contributed by atoms with Crippen LogP contribution in [0, 0.1) is 23.0 Å². The van der Waals surface area contributed by atoms with Gasteiger partial charge in [-0.1, -0.05) is 18.2 Å². The Hall–Kier alpha value is -2.41. The van der Waals surface area contributed by atoms with E-state index in [4.69, 9.17) is 5.73 Å². The highest BCUT2D eigenvalue weighted by atomic mass is 19.1. The second-order valence-corrected chi connectivity index (χ2v) is 4.48. The monoisotopic (exact) mass is 258 g/mol. The van der Waals surface area contributed by atoms with Crippen LogP contribution in [-0.2, 0) is 5.41 Å². The molecule has 0 saturated carbocycles. The summed E-state index contributed by atoms with van der Waals surface area (Å²) in [6, 6.07) is 11.7. The predicted molar refractivity (Wildman–Crippen MR) is 69.3 cm³/mol. The Morgan fingerprint density at radius 3 is 2.26 bits per heavy atom. The summed E-state index contributed by atoms with van der Waals surface area (Å²) in [4.78, 5) is 0. The van der Waals surface area contributed by atoms with E-state index in [1.54, 1.807) is 6.92 Å². The molecule has 0 fully saturated rings. The molecule has 0 bridgehead atoms. The minimum atomic E-state index is -1.19. The zero-order chi connectivity index (χ0) is 14.0. The molecule has 96 valence electrons. The Labute approximate surface area is 110 Å². The third kappa shape index (κ3) is 2.27. The summed E-state index contributed by atoms with van der Waals surface area (Å²) in [7, 11) is 0. The minimum Gasteiger partial charge on any atom is -0.399 e. The van der Waals surface area contributed by atoms with E-state index < -0.39 is 17.0 Å². The highest BCUT2D eigenvalue weighted by molar-refractivity contribution is 5.50. The van der Waals surface area contributed by atoms with Crippen LogP contribution in [0.15, 0.2) is 42.5 Å². The van der Waals surface area contributed by atoms with Gasteiger partial charge in [-0.2, -0.15) is 5.26 Å². The standard InChI is InChI=1S/C15H12F2N2/c1-15(9-18,10-2-4-11(16)5-3-10)13-7-6-12(19)8-14(13)17/h2-8H,19H2,1H3. The SMILES string of the molecule is CC(C#N)(c1ccc(F)cc1)c1ccc(N)cc1F. The molecule has 2 N–H and O–H groups in total. The molecule has 1 unspecified atom stereocenters. The van der Waals surface area contributed by atoms with Crippen LogP contribution in [0.1, 0.15) is 18.1 Å². The van der Waals surface area contributed by atoms with Crippen LogP contribution in [0.2, 0.25) is 0 Å². The van der Waals surface area contributed by atoms with Crippen molar-refractivity contribution in [3.8, 4) is 6.07 Å². The van der Waals surface area contributed by atoms with Gasteiger partial charge in [0.2, 0.25) is 0 Å². The Balaban J connectivity index is 2.60. The molecule has 0 radical (unpaired) electrons. The molecule has 0 spiro atoms. The van der Waals surface area contributed by atoms with Crippen molar-refractivity contribution >= 4 is 5.69 Å². The van der Waals surface area contributed by atoms with E-state index in [9.17, 15) is 14.0 Å². The lowest BCUT2D eigenvalue weighted by Crippen LogP contribution is -2.23. The summed E-state index contributed by atoms with van der Waals surface area (Å²) in [6.07, 6.45) is 0. The van der Waals surface area contributed by atoms with Gasteiger partial charge in [-0.05, 0) is 36.8 Å². The van der Waals surface area contributed by atoms with Crippen LogP contribution in [-0.4, -0.2) is 0 Å². The first-order valence-corrected chi connectivity index (χ1v) is 5.70. The zero-order valence-electron chi connectivity index (χ0n) is 10.3. The predicted octanol–water partition coefficient (Wildman–Crippen LogP) is 3.38. The van der Waals surface area contributed by atoms with Crippen molar-refractivity contribution in [2.75, 3.05) is 5.73 Å². The van der Waals surface area contributed by atoms with Gasteiger partial charge < -0.3 is 5.73 Å². The van der Waals surface area contributed by atoms with Crippen molar-refractivity contribution in [1.29, 1.82) is 5.26 Å². The molecule has 2 rings (SSSR count). The number of nitriles is 1. The van der Waals surface area contributed by atoms with Gasteiger partial charge >= 0.3 is 0 Å². The van der Waals surface area contributed by atoms with Crippen molar-refractivity contribution < 1.29 is 8.78 Å². The van der Waals surface area contributed by atoms with Crippen molar-refractivity contribution in [3.63, 3.8) is 0 Å². The van der Waals surface area contributed by atoms with Gasteiger partial charge in [0.25, 0.3) is 0 Å². The van der Waals surface area contributed by atoms with Crippen LogP contribution in [0.3, 0.4) is 0 Å². The Kier molecular flexibility index (Phi) is 3.22. The van der Waals surface area contributed by atoms with Gasteiger partial charge in [-0.25, -0.2) is 8.78 Å². The number of nitrogens with zero attached hydrogens (tertiary/aromatic N) is 1. The molecule has 4 heteroatoms. The third-order valence-electron chi connectivity index (χ3n) is 3.18. The molecule has 2 aromatic rings. The summed E-state index contributed by atoms with van der Waals surface area (Å²) < 4.78 is 26.9. The quantitative estimate of drug-likeness (QED) is 0.839. The van der Waals surface area contributed by atoms with Gasteiger partial charge in [0.15, 0.2) is 0 Å². The topological polar surface area (TPSA) is 49.8 Å². The fourth-order valence-corrected chi connectivity index (χ4v) is 2.00. The molecule has 0 aliphatic rings. The molecule has 0 saturated heterocycles. The van der Waals surface area contributed by atoms with Crippen molar-refractivity contribution in [2.24, 2.45) is 0 Å². The van der Waals surface area contributed by atoms with Crippen LogP contribution >= 0.6 is 0 Å². The fourth-order valence-electron chi connectivity index (χ4n) is 2.00. The van der Waals surface area contributed by atoms with E-state index in [-0.39, 0.29) is 5.56 Å². The number of hydrogen-bond donors (Lipinski definition) is 1. The molecule has 2 nitrogen and oxygen atoms in total. The normalized spacial score (nSPS) is 13.6. The molecule has 19 heavy (non-hydrogen) atoms. The maximum absolute atomic E-state index is 14.0. The molecule has 0 aromatic heterocycles. The molecule has 0 aliphatic heterocycles. The Morgan fingerprint density at radius 2 is 1.74 bits per heavy atom. The third-order valence-corrected chi connectivity index (χ3v) is 3.18. The molecule has 0 amide bonds. The summed E-state index contributed by atoms with van der Waals surface area (Å²) in [5.74, 6) is -0.949. The second kappa shape index (κ2) is 4.69. The average Bonchev–Trinajstić information content (AvgIpc) is 2.38. The first kappa shape index (κ1) is 13.0. The van der Waals surface area contributed by atoms with Gasteiger partial charge in [0.05, 0.1) is 6.07 Å². The molecule has 0 aliphatic carbocycles. The maximum Gasteiger partial charge on any atom is 0.130 e. The molecular formula is C15H12F2N2. The lowest BCUT2D eigenvalue weighted by molar-refractivity contribution is 0.578. The number of halogens is 2. The average molecular weight is 258 g/mol. The fraction of sp³-hybridized carbons (Fsp3) is 0.133. The van der Waals surface area contributed by atoms with E-state index in [1.165, 1.54) is 42.5 Å². The zero-order valence-corrected chi connectivity index (χ0v) is 10.3. The van der Waals surface area contributed by atoms with Crippen LogP contribution < -0.4 is 5.73 Å². The molecule has 0 heterocycles. The number of nitrogen functional groups attached to an aromatic ring is 1. The molecule has 2 aromatic carbocycles. The number of anilines is 1. The van der Waals surface area contributed by atoms with Gasteiger partial charge in [0.1, 0.15) is 17.0 Å². The highest BCUT2D eigenvalue weighted by Crippen LogP contribution is 2.33. The minimum absolute atomic E-state index is 0.218. The van der Waals surface area contributed by atoms with E-state index in [0.717, 1.165) is 0 Å². The smallest absolute Gasteiger partial charge is 0.130 e. The summed E-state index contributed by atoms with van der Waals surface area (Å²) >= 11 is 0. The first-order chi connectivity index (χ1) is 8.97. The first-order valence-electron chi connectivity index (χ1n) is 5.70. The van der Waals surface area contributed by atoms with Crippen LogP contribution in [0.4, 0.5) is 14.5 Å². The van der Waals surface area contributed by atoms with E-state index in [1.807, 2.05) is 0 Å². The second-order valence-electron chi connectivity index (χ2n) is 4.48. The Bertz CT molecular complexity index is 644. The number of nitrogens with two attached hydrogens (primary N) is 1. The molecule has 1 atom stereocenters. The van der Waals surface area contributed by atoms with Crippen molar-refractivity contribution in [1.82, 2.24) is 0 Å². The largest absolute Gasteiger partial charge is 0.399 e. The van der Waals surface area contributed by atoms with E-state index in [2.05, 4.69) is 6.07 Å².